The third-order valence-corrected chi connectivity index (χ3v) is 5.33. The first kappa shape index (κ1) is 23.7. The molecule has 1 saturated carbocycles. The van der Waals surface area contributed by atoms with E-state index < -0.39 is 0 Å². The van der Waals surface area contributed by atoms with Crippen LogP contribution in [0.4, 0.5) is 0 Å². The lowest BCUT2D eigenvalue weighted by Crippen LogP contribution is -2.46. The van der Waals surface area contributed by atoms with Crippen molar-refractivity contribution in [1.29, 1.82) is 0 Å². The Bertz CT molecular complexity index is 613. The number of hydrogen-bond donors (Lipinski definition) is 2. The third-order valence-electron chi connectivity index (χ3n) is 5.33. The summed E-state index contributed by atoms with van der Waals surface area (Å²) in [6.07, 6.45) is 5.16. The van der Waals surface area contributed by atoms with E-state index in [1.807, 2.05) is 12.1 Å². The summed E-state index contributed by atoms with van der Waals surface area (Å²) in [5.74, 6) is 2.75. The average Bonchev–Trinajstić information content (AvgIpc) is 2.64. The lowest BCUT2D eigenvalue weighted by molar-refractivity contribution is 0.131. The predicted octanol–water partition coefficient (Wildman–Crippen LogP) is 3.97. The first-order valence-corrected chi connectivity index (χ1v) is 9.43. The van der Waals surface area contributed by atoms with Crippen molar-refractivity contribution in [3.63, 3.8) is 0 Å². The van der Waals surface area contributed by atoms with E-state index in [2.05, 4.69) is 24.5 Å². The summed E-state index contributed by atoms with van der Waals surface area (Å²) in [4.78, 5) is 4.74. The van der Waals surface area contributed by atoms with Gasteiger partial charge in [-0.25, -0.2) is 4.99 Å². The molecule has 0 amide bonds. The molecule has 0 atom stereocenters. The highest BCUT2D eigenvalue weighted by atomic mass is 127. The number of benzene rings is 1. The molecule has 27 heavy (non-hydrogen) atoms. The van der Waals surface area contributed by atoms with Crippen LogP contribution in [0.2, 0.25) is 0 Å². The van der Waals surface area contributed by atoms with Gasteiger partial charge in [0.2, 0.25) is 5.75 Å². The van der Waals surface area contributed by atoms with Crippen LogP contribution in [0.3, 0.4) is 0 Å². The second kappa shape index (κ2) is 11.5. The molecule has 1 aromatic carbocycles. The van der Waals surface area contributed by atoms with Gasteiger partial charge in [0.25, 0.3) is 0 Å². The molecule has 0 radical (unpaired) electrons. The van der Waals surface area contributed by atoms with Crippen LogP contribution < -0.4 is 24.8 Å². The molecule has 1 fully saturated rings. The van der Waals surface area contributed by atoms with E-state index in [4.69, 9.17) is 19.2 Å². The van der Waals surface area contributed by atoms with Crippen molar-refractivity contribution in [3.05, 3.63) is 17.7 Å². The molecule has 0 heterocycles. The first-order chi connectivity index (χ1) is 12.6. The smallest absolute Gasteiger partial charge is 0.203 e. The maximum atomic E-state index is 5.55. The molecule has 2 N–H and O–H groups in total. The van der Waals surface area contributed by atoms with Crippen LogP contribution in [0.1, 0.15) is 45.1 Å². The number of rotatable bonds is 9. The average molecular weight is 491 g/mol. The van der Waals surface area contributed by atoms with Crippen LogP contribution in [-0.2, 0) is 6.54 Å². The maximum Gasteiger partial charge on any atom is 0.203 e. The second-order valence-electron chi connectivity index (χ2n) is 6.75. The highest BCUT2D eigenvalue weighted by Crippen LogP contribution is 2.43. The van der Waals surface area contributed by atoms with Crippen molar-refractivity contribution in [2.45, 2.75) is 46.1 Å². The standard InChI is InChI=1S/C20H33N3O3.HI/c1-6-20(11-8-12-20)14-23-19(21-7-2)22-13-15-9-10-16(24-3)18(26-5)17(15)25-4;/h9-10H,6-8,11-14H2,1-5H3,(H2,21,22,23);1H. The number of nitrogens with one attached hydrogen (secondary N) is 2. The lowest BCUT2D eigenvalue weighted by atomic mass is 9.67. The summed E-state index contributed by atoms with van der Waals surface area (Å²) >= 11 is 0. The Morgan fingerprint density at radius 2 is 1.74 bits per heavy atom. The van der Waals surface area contributed by atoms with Gasteiger partial charge in [-0.05, 0) is 43.7 Å². The monoisotopic (exact) mass is 491 g/mol. The molecule has 1 aromatic rings. The van der Waals surface area contributed by atoms with Crippen LogP contribution >= 0.6 is 24.0 Å². The Kier molecular flexibility index (Phi) is 10.0. The fourth-order valence-electron chi connectivity index (χ4n) is 3.40. The quantitative estimate of drug-likeness (QED) is 0.311. The number of halogens is 1. The van der Waals surface area contributed by atoms with E-state index in [0.717, 1.165) is 24.6 Å². The van der Waals surface area contributed by atoms with Crippen LogP contribution in [0, 0.1) is 5.41 Å². The van der Waals surface area contributed by atoms with Gasteiger partial charge in [-0.15, -0.1) is 24.0 Å². The molecule has 2 rings (SSSR count). The largest absolute Gasteiger partial charge is 0.493 e. The highest BCUT2D eigenvalue weighted by molar-refractivity contribution is 14.0. The SMILES string of the molecule is CCNC(=NCc1ccc(OC)c(OC)c1OC)NCC1(CC)CCC1.I. The highest BCUT2D eigenvalue weighted by Gasteiger charge is 2.34. The Balaban J connectivity index is 0.00000364. The van der Waals surface area contributed by atoms with Gasteiger partial charge in [0, 0.05) is 18.7 Å². The zero-order valence-electron chi connectivity index (χ0n) is 17.2. The molecule has 0 bridgehead atoms. The minimum absolute atomic E-state index is 0. The fraction of sp³-hybridized carbons (Fsp3) is 0.650. The number of hydrogen-bond acceptors (Lipinski definition) is 4. The van der Waals surface area contributed by atoms with Crippen molar-refractivity contribution in [2.75, 3.05) is 34.4 Å². The number of ether oxygens (including phenoxy) is 3. The summed E-state index contributed by atoms with van der Waals surface area (Å²) in [7, 11) is 4.86. The minimum atomic E-state index is 0. The molecule has 0 unspecified atom stereocenters. The Morgan fingerprint density at radius 1 is 1.04 bits per heavy atom. The molecule has 0 spiro atoms. The Morgan fingerprint density at radius 3 is 2.22 bits per heavy atom. The van der Waals surface area contributed by atoms with Crippen LogP contribution in [0.25, 0.3) is 0 Å². The zero-order chi connectivity index (χ0) is 19.0. The van der Waals surface area contributed by atoms with Gasteiger partial charge in [-0.3, -0.25) is 0 Å². The molecule has 1 aliphatic carbocycles. The number of nitrogens with zero attached hydrogens (tertiary/aromatic N) is 1. The van der Waals surface area contributed by atoms with E-state index in [-0.39, 0.29) is 24.0 Å². The maximum absolute atomic E-state index is 5.55. The summed E-state index contributed by atoms with van der Waals surface area (Å²) < 4.78 is 16.3. The van der Waals surface area contributed by atoms with Gasteiger partial charge in [-0.1, -0.05) is 13.3 Å². The summed E-state index contributed by atoms with van der Waals surface area (Å²) in [6.45, 7) is 6.65. The molecule has 0 aromatic heterocycles. The number of guanidine groups is 1. The first-order valence-electron chi connectivity index (χ1n) is 9.43. The third kappa shape index (κ3) is 5.80. The van der Waals surface area contributed by atoms with Crippen molar-refractivity contribution < 1.29 is 14.2 Å². The molecular weight excluding hydrogens is 457 g/mol. The molecular formula is C20H34IN3O3. The lowest BCUT2D eigenvalue weighted by Gasteiger charge is -2.41. The van der Waals surface area contributed by atoms with Gasteiger partial charge < -0.3 is 24.8 Å². The van der Waals surface area contributed by atoms with Gasteiger partial charge in [0.15, 0.2) is 17.5 Å². The summed E-state index contributed by atoms with van der Waals surface area (Å²) in [5.41, 5.74) is 1.40. The molecule has 154 valence electrons. The topological polar surface area (TPSA) is 64.1 Å². The summed E-state index contributed by atoms with van der Waals surface area (Å²) in [5, 5.41) is 6.84. The van der Waals surface area contributed by atoms with Crippen molar-refractivity contribution in [3.8, 4) is 17.2 Å². The van der Waals surface area contributed by atoms with Gasteiger partial charge >= 0.3 is 0 Å². The van der Waals surface area contributed by atoms with E-state index >= 15 is 0 Å². The molecule has 0 aliphatic heterocycles. The van der Waals surface area contributed by atoms with Crippen molar-refractivity contribution in [2.24, 2.45) is 10.4 Å². The van der Waals surface area contributed by atoms with Gasteiger partial charge in [-0.2, -0.15) is 0 Å². The Labute approximate surface area is 180 Å². The minimum Gasteiger partial charge on any atom is -0.493 e. The number of aliphatic imine (C=N–C) groups is 1. The van der Waals surface area contributed by atoms with Crippen LogP contribution in [0.15, 0.2) is 17.1 Å². The van der Waals surface area contributed by atoms with E-state index in [1.54, 1.807) is 21.3 Å². The normalized spacial score (nSPS) is 15.2. The van der Waals surface area contributed by atoms with Crippen LogP contribution in [-0.4, -0.2) is 40.4 Å². The molecule has 7 heteroatoms. The van der Waals surface area contributed by atoms with Crippen LogP contribution in [0.5, 0.6) is 17.2 Å². The molecule has 6 nitrogen and oxygen atoms in total. The van der Waals surface area contributed by atoms with E-state index in [9.17, 15) is 0 Å². The van der Waals surface area contributed by atoms with Crippen molar-refractivity contribution in [1.82, 2.24) is 10.6 Å². The van der Waals surface area contributed by atoms with Gasteiger partial charge in [0.1, 0.15) is 0 Å². The number of methoxy groups -OCH3 is 3. The molecule has 0 saturated heterocycles. The van der Waals surface area contributed by atoms with E-state index in [0.29, 0.717) is 29.2 Å². The fourth-order valence-corrected chi connectivity index (χ4v) is 3.40. The van der Waals surface area contributed by atoms with Gasteiger partial charge in [0.05, 0.1) is 27.9 Å². The second-order valence-corrected chi connectivity index (χ2v) is 6.75. The van der Waals surface area contributed by atoms with Crippen molar-refractivity contribution >= 4 is 29.9 Å². The Hall–Kier alpha value is -1.38. The molecule has 1 aliphatic rings. The summed E-state index contributed by atoms with van der Waals surface area (Å²) in [6, 6.07) is 3.85. The van der Waals surface area contributed by atoms with E-state index in [1.165, 1.54) is 25.7 Å². The predicted molar refractivity (Wildman–Crippen MR) is 121 cm³/mol. The zero-order valence-corrected chi connectivity index (χ0v) is 19.5.